The van der Waals surface area contributed by atoms with Crippen molar-refractivity contribution in [2.24, 2.45) is 0 Å². The van der Waals surface area contributed by atoms with Crippen molar-refractivity contribution in [2.45, 2.75) is 95.4 Å². The molecule has 0 aliphatic carbocycles. The summed E-state index contributed by atoms with van der Waals surface area (Å²) in [6, 6.07) is -2.56. The van der Waals surface area contributed by atoms with Gasteiger partial charge in [-0.25, -0.2) is 0 Å². The number of hydrogen-bond donors (Lipinski definition) is 2. The van der Waals surface area contributed by atoms with Gasteiger partial charge in [0.05, 0.1) is 0 Å². The Labute approximate surface area is 159 Å². The van der Waals surface area contributed by atoms with Crippen LogP contribution in [0.5, 0.6) is 0 Å². The lowest BCUT2D eigenvalue weighted by Gasteiger charge is -2.20. The molecule has 1 radical (unpaired) electrons. The molecule has 0 aromatic heterocycles. The number of aliphatic hydroxyl groups is 2. The summed E-state index contributed by atoms with van der Waals surface area (Å²) in [4.78, 5) is 31.2. The molecule has 9 nitrogen and oxygen atoms in total. The number of allylic oxidation sites excluding steroid dienone is 1. The maximum atomic E-state index is 11.2. The summed E-state index contributed by atoms with van der Waals surface area (Å²) in [6.07, 6.45) is 6.75. The minimum absolute atomic E-state index is 0.00999. The highest BCUT2D eigenvalue weighted by molar-refractivity contribution is 5.50. The average molecular weight is 387 g/mol. The van der Waals surface area contributed by atoms with Crippen molar-refractivity contribution in [1.82, 2.24) is 0 Å². The zero-order valence-electron chi connectivity index (χ0n) is 15.9. The second-order valence-electron chi connectivity index (χ2n) is 6.64. The molecule has 0 heterocycles. The van der Waals surface area contributed by atoms with E-state index in [0.717, 1.165) is 25.7 Å². The van der Waals surface area contributed by atoms with E-state index >= 15 is 0 Å². The van der Waals surface area contributed by atoms with E-state index in [9.17, 15) is 35.2 Å². The normalized spacial score (nSPS) is 16.0. The van der Waals surface area contributed by atoms with Crippen molar-refractivity contribution in [3.05, 3.63) is 32.4 Å². The lowest BCUT2D eigenvalue weighted by Crippen LogP contribution is -2.41. The summed E-state index contributed by atoms with van der Waals surface area (Å²) in [6.45, 7) is 1.88. The number of aliphatic hydroxyl groups excluding tert-OH is 2. The summed E-state index contributed by atoms with van der Waals surface area (Å²) in [7, 11) is 0. The van der Waals surface area contributed by atoms with Gasteiger partial charge in [-0.05, 0) is 19.3 Å². The highest BCUT2D eigenvalue weighted by atomic mass is 16.6. The van der Waals surface area contributed by atoms with Crippen molar-refractivity contribution in [2.75, 3.05) is 0 Å². The third-order valence-corrected chi connectivity index (χ3v) is 4.47. The predicted octanol–water partition coefficient (Wildman–Crippen LogP) is 2.59. The maximum absolute atomic E-state index is 11.2. The van der Waals surface area contributed by atoms with Crippen molar-refractivity contribution in [3.63, 3.8) is 0 Å². The van der Waals surface area contributed by atoms with E-state index < -0.39 is 40.6 Å². The average Bonchev–Trinajstić information content (AvgIpc) is 2.60. The van der Waals surface area contributed by atoms with Crippen LogP contribution in [-0.4, -0.2) is 50.6 Å². The van der Waals surface area contributed by atoms with Gasteiger partial charge in [-0.15, -0.1) is 0 Å². The summed E-state index contributed by atoms with van der Waals surface area (Å²) in [5.41, 5.74) is 0. The largest absolute Gasteiger partial charge is 0.386 e. The lowest BCUT2D eigenvalue weighted by atomic mass is 9.95. The van der Waals surface area contributed by atoms with Crippen LogP contribution in [0.25, 0.3) is 0 Å². The minimum atomic E-state index is -1.46. The van der Waals surface area contributed by atoms with Gasteiger partial charge in [-0.1, -0.05) is 38.3 Å². The summed E-state index contributed by atoms with van der Waals surface area (Å²) >= 11 is 0. The zero-order valence-corrected chi connectivity index (χ0v) is 15.9. The molecule has 0 rings (SSSR count). The standard InChI is InChI=1S/C18H31N2O7/c1-2-3-8-11-15(19(24)25)17(22)14-18(23)16(20(26)27)12-9-6-4-5-7-10-13-21/h3,8,15-18,22-23H,2,4-7,9-12,14H2,1H3/b8-3-. The Morgan fingerprint density at radius 2 is 1.48 bits per heavy atom. The number of nitro groups is 2. The molecular formula is C18H31N2O7. The summed E-state index contributed by atoms with van der Waals surface area (Å²) < 4.78 is 0. The van der Waals surface area contributed by atoms with Gasteiger partial charge in [-0.3, -0.25) is 25.0 Å². The second-order valence-corrected chi connectivity index (χ2v) is 6.64. The number of hydrogen-bond acceptors (Lipinski definition) is 7. The van der Waals surface area contributed by atoms with Gasteiger partial charge < -0.3 is 10.2 Å². The maximum Gasteiger partial charge on any atom is 0.242 e. The van der Waals surface area contributed by atoms with Gasteiger partial charge >= 0.3 is 0 Å². The Bertz CT molecular complexity index is 471. The first kappa shape index (κ1) is 25.1. The molecule has 4 atom stereocenters. The van der Waals surface area contributed by atoms with Crippen LogP contribution in [0.15, 0.2) is 12.2 Å². The van der Waals surface area contributed by atoms with Crippen LogP contribution in [0.1, 0.15) is 71.1 Å². The van der Waals surface area contributed by atoms with Gasteiger partial charge in [0.2, 0.25) is 12.1 Å². The highest BCUT2D eigenvalue weighted by Crippen LogP contribution is 2.18. The predicted molar refractivity (Wildman–Crippen MR) is 100 cm³/mol. The van der Waals surface area contributed by atoms with E-state index in [4.69, 9.17) is 0 Å². The Balaban J connectivity index is 4.51. The van der Waals surface area contributed by atoms with Crippen LogP contribution in [0.4, 0.5) is 0 Å². The van der Waals surface area contributed by atoms with Gasteiger partial charge in [-0.2, -0.15) is 0 Å². The van der Waals surface area contributed by atoms with Crippen LogP contribution < -0.4 is 0 Å². The number of carbonyl (C=O) groups excluding carboxylic acids is 1. The molecule has 0 spiro atoms. The van der Waals surface area contributed by atoms with Crippen LogP contribution >= 0.6 is 0 Å². The molecule has 4 unspecified atom stereocenters. The van der Waals surface area contributed by atoms with E-state index in [0.29, 0.717) is 19.3 Å². The number of unbranched alkanes of at least 4 members (excludes halogenated alkanes) is 5. The van der Waals surface area contributed by atoms with Crippen LogP contribution in [0, 0.1) is 20.2 Å². The molecule has 0 saturated carbocycles. The molecule has 0 saturated heterocycles. The van der Waals surface area contributed by atoms with E-state index in [1.807, 2.05) is 13.2 Å². The van der Waals surface area contributed by atoms with Crippen molar-refractivity contribution >= 4 is 6.29 Å². The smallest absolute Gasteiger partial charge is 0.242 e. The molecule has 0 amide bonds. The fourth-order valence-corrected chi connectivity index (χ4v) is 2.87. The molecule has 0 fully saturated rings. The first-order valence-corrected chi connectivity index (χ1v) is 9.48. The van der Waals surface area contributed by atoms with E-state index in [1.165, 1.54) is 0 Å². The van der Waals surface area contributed by atoms with Gasteiger partial charge in [0, 0.05) is 35.5 Å². The molecule has 0 aromatic carbocycles. The third kappa shape index (κ3) is 11.4. The van der Waals surface area contributed by atoms with Crippen molar-refractivity contribution < 1.29 is 24.9 Å². The first-order valence-electron chi connectivity index (χ1n) is 9.48. The number of nitrogens with zero attached hydrogens (tertiary/aromatic N) is 2. The Hall–Kier alpha value is -1.87. The Morgan fingerprint density at radius 3 is 2.04 bits per heavy atom. The molecule has 0 aliphatic rings. The van der Waals surface area contributed by atoms with E-state index in [2.05, 4.69) is 0 Å². The summed E-state index contributed by atoms with van der Waals surface area (Å²) in [5.74, 6) is 0. The molecular weight excluding hydrogens is 356 g/mol. The topological polar surface area (TPSA) is 144 Å². The van der Waals surface area contributed by atoms with Crippen LogP contribution in [-0.2, 0) is 4.79 Å². The van der Waals surface area contributed by atoms with Gasteiger partial charge in [0.1, 0.15) is 12.2 Å². The molecule has 9 heteroatoms. The minimum Gasteiger partial charge on any atom is -0.386 e. The third-order valence-electron chi connectivity index (χ3n) is 4.47. The first-order chi connectivity index (χ1) is 12.8. The highest BCUT2D eigenvalue weighted by Gasteiger charge is 2.36. The quantitative estimate of drug-likeness (QED) is 0.169. The SMILES string of the molecule is CC/C=C\CC(C(O)CC(O)C(CCCCCCC[C]=O)[N+](=O)[O-])[N+](=O)[O-]. The molecule has 27 heavy (non-hydrogen) atoms. The van der Waals surface area contributed by atoms with Gasteiger partial charge in [0.15, 0.2) is 6.29 Å². The van der Waals surface area contributed by atoms with Crippen LogP contribution in [0.3, 0.4) is 0 Å². The van der Waals surface area contributed by atoms with Crippen molar-refractivity contribution in [1.29, 1.82) is 0 Å². The Morgan fingerprint density at radius 1 is 0.926 bits per heavy atom. The second kappa shape index (κ2) is 15.2. The number of rotatable bonds is 17. The Kier molecular flexibility index (Phi) is 14.2. The molecule has 2 N–H and O–H groups in total. The molecule has 155 valence electrons. The lowest BCUT2D eigenvalue weighted by molar-refractivity contribution is -0.543. The fourth-order valence-electron chi connectivity index (χ4n) is 2.87. The fraction of sp³-hybridized carbons (Fsp3) is 0.833. The monoisotopic (exact) mass is 387 g/mol. The van der Waals surface area contributed by atoms with E-state index in [1.54, 1.807) is 12.2 Å². The zero-order chi connectivity index (χ0) is 20.7. The van der Waals surface area contributed by atoms with E-state index in [-0.39, 0.29) is 12.8 Å². The van der Waals surface area contributed by atoms with Crippen LogP contribution in [0.2, 0.25) is 0 Å². The summed E-state index contributed by atoms with van der Waals surface area (Å²) in [5, 5.41) is 42.6. The van der Waals surface area contributed by atoms with Crippen molar-refractivity contribution in [3.8, 4) is 0 Å². The molecule has 0 aromatic rings. The van der Waals surface area contributed by atoms with Gasteiger partial charge in [0.25, 0.3) is 0 Å². The molecule has 0 aliphatic heterocycles. The molecule has 0 bridgehead atoms.